The highest BCUT2D eigenvalue weighted by molar-refractivity contribution is 7.15. The third-order valence-electron chi connectivity index (χ3n) is 5.35. The molecule has 1 aromatic carbocycles. The number of nitrogens with two attached hydrogens (primary N) is 1. The first kappa shape index (κ1) is 20.9. The second-order valence-corrected chi connectivity index (χ2v) is 8.78. The molecule has 0 radical (unpaired) electrons. The molecule has 3 N–H and O–H groups in total. The Morgan fingerprint density at radius 1 is 1.13 bits per heavy atom. The monoisotopic (exact) mass is 436 g/mol. The van der Waals surface area contributed by atoms with Crippen LogP contribution in [0.5, 0.6) is 0 Å². The fraction of sp³-hybridized carbons (Fsp3) is 0.318. The van der Waals surface area contributed by atoms with E-state index in [-0.39, 0.29) is 18.7 Å². The topological polar surface area (TPSA) is 115 Å². The van der Waals surface area contributed by atoms with Crippen LogP contribution in [0.3, 0.4) is 0 Å². The molecule has 4 rings (SSSR count). The van der Waals surface area contributed by atoms with Crippen molar-refractivity contribution in [2.75, 3.05) is 5.32 Å². The number of nitrogens with zero attached hydrogens (tertiary/aromatic N) is 4. The van der Waals surface area contributed by atoms with E-state index in [4.69, 9.17) is 10.7 Å². The number of carbonyl (C=O) groups excluding carboxylic acids is 2. The molecule has 1 aliphatic heterocycles. The smallest absolute Gasteiger partial charge is 0.224 e. The number of fused-ring (bicyclic) bond motifs is 3. The van der Waals surface area contributed by atoms with Crippen LogP contribution in [0.4, 0.5) is 5.69 Å². The summed E-state index contributed by atoms with van der Waals surface area (Å²) >= 11 is 1.72. The molecule has 160 valence electrons. The molecular formula is C22H24N6O2S. The summed E-state index contributed by atoms with van der Waals surface area (Å²) in [5, 5.41) is 12.5. The highest BCUT2D eigenvalue weighted by Crippen LogP contribution is 2.36. The molecule has 0 saturated carbocycles. The van der Waals surface area contributed by atoms with Gasteiger partial charge in [-0.1, -0.05) is 12.1 Å². The Bertz CT molecular complexity index is 1190. The first-order chi connectivity index (χ1) is 14.8. The van der Waals surface area contributed by atoms with Crippen LogP contribution in [0, 0.1) is 20.8 Å². The molecule has 9 heteroatoms. The van der Waals surface area contributed by atoms with Gasteiger partial charge in [-0.2, -0.15) is 0 Å². The van der Waals surface area contributed by atoms with Gasteiger partial charge in [-0.3, -0.25) is 19.1 Å². The first-order valence-corrected chi connectivity index (χ1v) is 10.9. The number of amides is 2. The number of aromatic nitrogens is 3. The second kappa shape index (κ2) is 8.43. The summed E-state index contributed by atoms with van der Waals surface area (Å²) in [5.74, 6) is 1.14. The normalized spacial score (nSPS) is 12.5. The average molecular weight is 437 g/mol. The lowest BCUT2D eigenvalue weighted by molar-refractivity contribution is -0.118. The highest BCUT2D eigenvalue weighted by atomic mass is 32.1. The number of rotatable bonds is 6. The van der Waals surface area contributed by atoms with Crippen LogP contribution in [-0.2, 0) is 16.1 Å². The summed E-state index contributed by atoms with van der Waals surface area (Å²) in [5.41, 5.74) is 10.0. The summed E-state index contributed by atoms with van der Waals surface area (Å²) < 4.78 is 2.09. The van der Waals surface area contributed by atoms with Crippen molar-refractivity contribution in [3.8, 4) is 5.00 Å². The number of carbonyl (C=O) groups is 2. The van der Waals surface area contributed by atoms with Crippen molar-refractivity contribution in [3.05, 3.63) is 57.5 Å². The molecule has 1 aliphatic rings. The van der Waals surface area contributed by atoms with E-state index in [1.54, 1.807) is 11.3 Å². The third-order valence-corrected chi connectivity index (χ3v) is 6.54. The number of aliphatic imine (C=N–C) groups is 1. The number of primary amides is 1. The molecule has 0 fully saturated rings. The molecule has 0 aliphatic carbocycles. The van der Waals surface area contributed by atoms with Crippen LogP contribution < -0.4 is 11.1 Å². The molecule has 3 aromatic rings. The van der Waals surface area contributed by atoms with E-state index in [1.165, 1.54) is 10.4 Å². The van der Waals surface area contributed by atoms with E-state index >= 15 is 0 Å². The van der Waals surface area contributed by atoms with Gasteiger partial charge in [0.05, 0.1) is 5.71 Å². The van der Waals surface area contributed by atoms with Crippen molar-refractivity contribution in [1.29, 1.82) is 0 Å². The predicted octanol–water partition coefficient (Wildman–Crippen LogP) is 3.20. The second-order valence-electron chi connectivity index (χ2n) is 7.57. The van der Waals surface area contributed by atoms with Crippen LogP contribution in [0.15, 0.2) is 29.3 Å². The Morgan fingerprint density at radius 3 is 2.58 bits per heavy atom. The molecule has 2 aromatic heterocycles. The van der Waals surface area contributed by atoms with Crippen molar-refractivity contribution in [2.45, 2.75) is 46.6 Å². The maximum absolute atomic E-state index is 12.1. The minimum absolute atomic E-state index is 0.138. The number of aryl methyl sites for hydroxylation is 2. The molecular weight excluding hydrogens is 412 g/mol. The zero-order valence-electron chi connectivity index (χ0n) is 17.7. The molecule has 0 spiro atoms. The number of hydrogen-bond acceptors (Lipinski definition) is 6. The zero-order valence-corrected chi connectivity index (χ0v) is 18.5. The minimum Gasteiger partial charge on any atom is -0.370 e. The van der Waals surface area contributed by atoms with Gasteiger partial charge < -0.3 is 11.1 Å². The van der Waals surface area contributed by atoms with E-state index in [1.807, 2.05) is 31.2 Å². The van der Waals surface area contributed by atoms with Gasteiger partial charge in [0.1, 0.15) is 17.4 Å². The molecule has 2 amide bonds. The predicted molar refractivity (Wildman–Crippen MR) is 121 cm³/mol. The highest BCUT2D eigenvalue weighted by Gasteiger charge is 2.26. The van der Waals surface area contributed by atoms with Crippen molar-refractivity contribution in [2.24, 2.45) is 10.7 Å². The Balaban J connectivity index is 1.60. The molecule has 3 heterocycles. The summed E-state index contributed by atoms with van der Waals surface area (Å²) in [6, 6.07) is 7.67. The van der Waals surface area contributed by atoms with E-state index in [0.717, 1.165) is 33.5 Å². The van der Waals surface area contributed by atoms with Gasteiger partial charge in [0.15, 0.2) is 5.82 Å². The third kappa shape index (κ3) is 4.13. The van der Waals surface area contributed by atoms with Gasteiger partial charge in [-0.25, -0.2) is 0 Å². The number of benzene rings is 1. The Kier molecular flexibility index (Phi) is 5.69. The minimum atomic E-state index is -0.396. The number of anilines is 1. The van der Waals surface area contributed by atoms with Crippen LogP contribution in [0.2, 0.25) is 0 Å². The quantitative estimate of drug-likeness (QED) is 0.617. The van der Waals surface area contributed by atoms with Gasteiger partial charge in [-0.05, 0) is 44.9 Å². The van der Waals surface area contributed by atoms with Crippen LogP contribution in [0.25, 0.3) is 5.00 Å². The number of thiophene rings is 1. The van der Waals surface area contributed by atoms with Crippen molar-refractivity contribution in [3.63, 3.8) is 0 Å². The lowest BCUT2D eigenvalue weighted by Crippen LogP contribution is -2.14. The number of nitrogens with one attached hydrogen (secondary N) is 1. The molecule has 8 nitrogen and oxygen atoms in total. The van der Waals surface area contributed by atoms with E-state index in [9.17, 15) is 9.59 Å². The maximum Gasteiger partial charge on any atom is 0.224 e. The lowest BCUT2D eigenvalue weighted by atomic mass is 9.99. The van der Waals surface area contributed by atoms with Gasteiger partial charge in [0.2, 0.25) is 11.8 Å². The van der Waals surface area contributed by atoms with Gasteiger partial charge in [-0.15, -0.1) is 21.5 Å². The van der Waals surface area contributed by atoms with Crippen LogP contribution >= 0.6 is 11.3 Å². The maximum atomic E-state index is 12.1. The first-order valence-electron chi connectivity index (χ1n) is 10.1. The summed E-state index contributed by atoms with van der Waals surface area (Å²) in [7, 11) is 0. The van der Waals surface area contributed by atoms with E-state index < -0.39 is 5.91 Å². The fourth-order valence-corrected chi connectivity index (χ4v) is 4.87. The standard InChI is InChI=1S/C22H24N6O2S/c1-12-13(2)31-22-20(12)21(24-11-18-27-26-14(3)28(18)22)15-7-9-16(10-8-15)25-19(30)6-4-5-17(23)29/h7-10H,4-6,11H2,1-3H3,(H2,23,29)(H,25,30). The van der Waals surface area contributed by atoms with Crippen LogP contribution in [0.1, 0.15) is 52.5 Å². The molecule has 0 saturated heterocycles. The summed E-state index contributed by atoms with van der Waals surface area (Å²) in [6.45, 7) is 6.64. The molecule has 0 bridgehead atoms. The van der Waals surface area contributed by atoms with Crippen LogP contribution in [-0.4, -0.2) is 32.3 Å². The van der Waals surface area contributed by atoms with Gasteiger partial charge >= 0.3 is 0 Å². The SMILES string of the molecule is Cc1sc2c(c1C)C(c1ccc(NC(=O)CCCC(N)=O)cc1)=NCc1nnc(C)n1-2. The van der Waals surface area contributed by atoms with Gasteiger partial charge in [0.25, 0.3) is 0 Å². The van der Waals surface area contributed by atoms with E-state index in [0.29, 0.717) is 18.7 Å². The van der Waals surface area contributed by atoms with Crippen molar-refractivity contribution in [1.82, 2.24) is 14.8 Å². The largest absolute Gasteiger partial charge is 0.370 e. The zero-order chi connectivity index (χ0) is 22.1. The Labute approximate surface area is 184 Å². The Hall–Kier alpha value is -3.33. The van der Waals surface area contributed by atoms with E-state index in [2.05, 4.69) is 33.9 Å². The Morgan fingerprint density at radius 2 is 1.87 bits per heavy atom. The van der Waals surface area contributed by atoms with Crippen molar-refractivity contribution >= 4 is 34.6 Å². The number of hydrogen-bond donors (Lipinski definition) is 2. The van der Waals surface area contributed by atoms with Crippen molar-refractivity contribution < 1.29 is 9.59 Å². The van der Waals surface area contributed by atoms with Gasteiger partial charge in [0, 0.05) is 34.5 Å². The average Bonchev–Trinajstić information content (AvgIpc) is 3.16. The molecule has 31 heavy (non-hydrogen) atoms. The molecule has 0 atom stereocenters. The molecule has 0 unspecified atom stereocenters. The fourth-order valence-electron chi connectivity index (χ4n) is 3.64. The summed E-state index contributed by atoms with van der Waals surface area (Å²) in [4.78, 5) is 29.0. The lowest BCUT2D eigenvalue weighted by Gasteiger charge is -2.10. The summed E-state index contributed by atoms with van der Waals surface area (Å²) in [6.07, 6.45) is 0.909.